The minimum absolute atomic E-state index is 0.972. The van der Waals surface area contributed by atoms with Gasteiger partial charge in [0.2, 0.25) is 0 Å². The third-order valence-electron chi connectivity index (χ3n) is 3.98. The maximum Gasteiger partial charge on any atom is 0.0698 e. The fourth-order valence-electron chi connectivity index (χ4n) is 2.50. The number of rotatable bonds is 1. The van der Waals surface area contributed by atoms with E-state index in [4.69, 9.17) is 0 Å². The van der Waals surface area contributed by atoms with E-state index in [1.54, 1.807) is 0 Å². The fourth-order valence-corrected chi connectivity index (χ4v) is 2.50. The third kappa shape index (κ3) is 1.53. The van der Waals surface area contributed by atoms with Crippen molar-refractivity contribution < 1.29 is 0 Å². The van der Waals surface area contributed by atoms with Gasteiger partial charge in [0.1, 0.15) is 0 Å². The molecule has 0 saturated carbocycles. The first-order chi connectivity index (χ1) is 7.54. The second-order valence-corrected chi connectivity index (χ2v) is 4.72. The number of hydrogen-bond donors (Lipinski definition) is 1. The first-order valence-corrected chi connectivity index (χ1v) is 5.90. The molecule has 0 bridgehead atoms. The molecule has 0 unspecified atom stereocenters. The first-order valence-electron chi connectivity index (χ1n) is 5.90. The second-order valence-electron chi connectivity index (χ2n) is 4.72. The van der Waals surface area contributed by atoms with Crippen LogP contribution in [0, 0.1) is 34.6 Å². The second kappa shape index (κ2) is 3.93. The Morgan fingerprint density at radius 2 is 1.31 bits per heavy atom. The number of benzene rings is 1. The van der Waals surface area contributed by atoms with Crippen molar-refractivity contribution >= 4 is 5.71 Å². The standard InChI is InChI=1S/C14H20N2/c1-8-9(2)11(4)14(12(5)10(8)3)13-6-7-15-16-13/h15H,6-7H2,1-5H3. The molecule has 1 heterocycles. The topological polar surface area (TPSA) is 24.4 Å². The Balaban J connectivity index is 2.69. The van der Waals surface area contributed by atoms with Crippen LogP contribution in [-0.2, 0) is 0 Å². The van der Waals surface area contributed by atoms with Gasteiger partial charge < -0.3 is 5.43 Å². The molecule has 0 spiro atoms. The van der Waals surface area contributed by atoms with Crippen LogP contribution in [0.15, 0.2) is 5.10 Å². The normalized spacial score (nSPS) is 14.9. The Morgan fingerprint density at radius 3 is 1.75 bits per heavy atom. The molecule has 0 fully saturated rings. The van der Waals surface area contributed by atoms with E-state index in [2.05, 4.69) is 45.1 Å². The zero-order chi connectivity index (χ0) is 11.9. The van der Waals surface area contributed by atoms with Gasteiger partial charge in [-0.15, -0.1) is 0 Å². The van der Waals surface area contributed by atoms with Crippen molar-refractivity contribution in [2.75, 3.05) is 6.54 Å². The van der Waals surface area contributed by atoms with Crippen molar-refractivity contribution in [3.8, 4) is 0 Å². The van der Waals surface area contributed by atoms with Gasteiger partial charge in [-0.1, -0.05) is 0 Å². The Bertz CT molecular complexity index is 441. The molecule has 86 valence electrons. The Hall–Kier alpha value is -1.31. The van der Waals surface area contributed by atoms with Crippen molar-refractivity contribution in [3.63, 3.8) is 0 Å². The van der Waals surface area contributed by atoms with E-state index in [0.29, 0.717) is 0 Å². The average Bonchev–Trinajstić information content (AvgIpc) is 2.77. The number of hydrogen-bond acceptors (Lipinski definition) is 2. The molecule has 16 heavy (non-hydrogen) atoms. The zero-order valence-corrected chi connectivity index (χ0v) is 10.9. The van der Waals surface area contributed by atoms with E-state index in [1.165, 1.54) is 39.1 Å². The number of hydrazone groups is 1. The molecule has 0 amide bonds. The van der Waals surface area contributed by atoms with E-state index in [9.17, 15) is 0 Å². The van der Waals surface area contributed by atoms with Crippen molar-refractivity contribution in [1.29, 1.82) is 0 Å². The summed E-state index contributed by atoms with van der Waals surface area (Å²) < 4.78 is 0. The number of nitrogens with one attached hydrogen (secondary N) is 1. The Labute approximate surface area is 97.8 Å². The summed E-state index contributed by atoms with van der Waals surface area (Å²) in [7, 11) is 0. The molecule has 0 saturated heterocycles. The molecule has 0 atom stereocenters. The molecule has 0 aliphatic carbocycles. The summed E-state index contributed by atoms with van der Waals surface area (Å²) in [6.07, 6.45) is 1.05. The maximum absolute atomic E-state index is 4.41. The van der Waals surface area contributed by atoms with E-state index in [-0.39, 0.29) is 0 Å². The lowest BCUT2D eigenvalue weighted by atomic mass is 9.87. The van der Waals surface area contributed by atoms with Gasteiger partial charge in [-0.2, -0.15) is 5.10 Å². The Morgan fingerprint density at radius 1 is 0.812 bits per heavy atom. The summed E-state index contributed by atoms with van der Waals surface area (Å²) in [5.74, 6) is 0. The molecular weight excluding hydrogens is 196 g/mol. The first kappa shape index (κ1) is 11.2. The number of nitrogens with zero attached hydrogens (tertiary/aromatic N) is 1. The largest absolute Gasteiger partial charge is 0.309 e. The molecule has 1 N–H and O–H groups in total. The maximum atomic E-state index is 4.41. The van der Waals surface area contributed by atoms with Crippen LogP contribution in [0.2, 0.25) is 0 Å². The van der Waals surface area contributed by atoms with Gasteiger partial charge in [0.05, 0.1) is 5.71 Å². The van der Waals surface area contributed by atoms with Gasteiger partial charge in [-0.25, -0.2) is 0 Å². The summed E-state index contributed by atoms with van der Waals surface area (Å²) in [5.41, 5.74) is 12.7. The predicted octanol–water partition coefficient (Wildman–Crippen LogP) is 2.93. The van der Waals surface area contributed by atoms with E-state index < -0.39 is 0 Å². The predicted molar refractivity (Wildman–Crippen MR) is 69.3 cm³/mol. The highest BCUT2D eigenvalue weighted by atomic mass is 15.3. The molecule has 0 radical (unpaired) electrons. The molecular formula is C14H20N2. The van der Waals surface area contributed by atoms with Gasteiger partial charge >= 0.3 is 0 Å². The Kier molecular flexibility index (Phi) is 2.75. The van der Waals surface area contributed by atoms with Crippen LogP contribution < -0.4 is 5.43 Å². The van der Waals surface area contributed by atoms with Crippen molar-refractivity contribution in [3.05, 3.63) is 33.4 Å². The minimum atomic E-state index is 0.972. The van der Waals surface area contributed by atoms with Crippen molar-refractivity contribution in [2.45, 2.75) is 41.0 Å². The van der Waals surface area contributed by atoms with Crippen LogP contribution in [-0.4, -0.2) is 12.3 Å². The molecule has 1 aromatic rings. The minimum Gasteiger partial charge on any atom is -0.309 e. The quantitative estimate of drug-likeness (QED) is 0.767. The highest BCUT2D eigenvalue weighted by Crippen LogP contribution is 2.27. The van der Waals surface area contributed by atoms with Gasteiger partial charge in [-0.05, 0) is 62.4 Å². The molecule has 0 aromatic heterocycles. The smallest absolute Gasteiger partial charge is 0.0698 e. The van der Waals surface area contributed by atoms with Crippen LogP contribution in [0.3, 0.4) is 0 Å². The van der Waals surface area contributed by atoms with Gasteiger partial charge in [0, 0.05) is 18.5 Å². The zero-order valence-electron chi connectivity index (χ0n) is 10.9. The molecule has 1 aliphatic heterocycles. The van der Waals surface area contributed by atoms with Crippen molar-refractivity contribution in [2.24, 2.45) is 5.10 Å². The average molecular weight is 216 g/mol. The highest BCUT2D eigenvalue weighted by molar-refractivity contribution is 6.04. The van der Waals surface area contributed by atoms with Gasteiger partial charge in [0.15, 0.2) is 0 Å². The lowest BCUT2D eigenvalue weighted by Crippen LogP contribution is -2.08. The van der Waals surface area contributed by atoms with Crippen LogP contribution in [0.5, 0.6) is 0 Å². The summed E-state index contributed by atoms with van der Waals surface area (Å²) in [6.45, 7) is 12.0. The molecule has 2 rings (SSSR count). The molecule has 2 heteroatoms. The lowest BCUT2D eigenvalue weighted by Gasteiger charge is -2.18. The van der Waals surface area contributed by atoms with E-state index >= 15 is 0 Å². The van der Waals surface area contributed by atoms with Gasteiger partial charge in [-0.3, -0.25) is 0 Å². The third-order valence-corrected chi connectivity index (χ3v) is 3.98. The SMILES string of the molecule is Cc1c(C)c(C)c(C2=NNCC2)c(C)c1C. The fraction of sp³-hybridized carbons (Fsp3) is 0.500. The molecule has 1 aromatic carbocycles. The molecule has 2 nitrogen and oxygen atoms in total. The van der Waals surface area contributed by atoms with Gasteiger partial charge in [0.25, 0.3) is 0 Å². The lowest BCUT2D eigenvalue weighted by molar-refractivity contribution is 0.813. The van der Waals surface area contributed by atoms with Crippen molar-refractivity contribution in [1.82, 2.24) is 5.43 Å². The van der Waals surface area contributed by atoms with E-state index in [1.807, 2.05) is 0 Å². The van der Waals surface area contributed by atoms with Crippen LogP contribution in [0.4, 0.5) is 0 Å². The van der Waals surface area contributed by atoms with Crippen LogP contribution in [0.25, 0.3) is 0 Å². The summed E-state index contributed by atoms with van der Waals surface area (Å²) >= 11 is 0. The summed E-state index contributed by atoms with van der Waals surface area (Å²) in [5, 5.41) is 4.41. The summed E-state index contributed by atoms with van der Waals surface area (Å²) in [4.78, 5) is 0. The summed E-state index contributed by atoms with van der Waals surface area (Å²) in [6, 6.07) is 0. The van der Waals surface area contributed by atoms with Crippen LogP contribution >= 0.6 is 0 Å². The molecule has 1 aliphatic rings. The van der Waals surface area contributed by atoms with Crippen LogP contribution in [0.1, 0.15) is 39.8 Å². The van der Waals surface area contributed by atoms with E-state index in [0.717, 1.165) is 13.0 Å². The monoisotopic (exact) mass is 216 g/mol. The highest BCUT2D eigenvalue weighted by Gasteiger charge is 2.18.